The van der Waals surface area contributed by atoms with Crippen molar-refractivity contribution in [1.29, 1.82) is 0 Å². The lowest BCUT2D eigenvalue weighted by atomic mass is 10.2. The van der Waals surface area contributed by atoms with Crippen molar-refractivity contribution in [2.75, 3.05) is 38.6 Å². The van der Waals surface area contributed by atoms with Gasteiger partial charge in [0.15, 0.2) is 0 Å². The summed E-state index contributed by atoms with van der Waals surface area (Å²) in [4.78, 5) is 20.7. The number of carbonyl (C=O) groups excluding carboxylic acids is 1. The fourth-order valence-corrected chi connectivity index (χ4v) is 2.41. The fourth-order valence-electron chi connectivity index (χ4n) is 2.41. The molecule has 0 saturated carbocycles. The molecule has 2 rings (SSSR count). The molecule has 1 aromatic heterocycles. The molecule has 5 heteroatoms. The zero-order chi connectivity index (χ0) is 17.4. The van der Waals surface area contributed by atoms with Gasteiger partial charge in [-0.3, -0.25) is 9.78 Å². The number of carbonyl (C=O) groups is 1. The minimum absolute atomic E-state index is 0.0815. The number of hydrogen-bond donors (Lipinski definition) is 1. The molecule has 0 aliphatic heterocycles. The lowest BCUT2D eigenvalue weighted by molar-refractivity contribution is 0.0950. The summed E-state index contributed by atoms with van der Waals surface area (Å²) < 4.78 is 0. The first-order valence-electron chi connectivity index (χ1n) is 8.27. The lowest BCUT2D eigenvalue weighted by Gasteiger charge is -2.23. The molecule has 0 fully saturated rings. The monoisotopic (exact) mass is 326 g/mol. The maximum atomic E-state index is 12.3. The van der Waals surface area contributed by atoms with E-state index in [2.05, 4.69) is 34.3 Å². The SMILES string of the molecule is CCN(Cc1ccccc1)c1cncc(C(=O)NCCN(C)C)c1. The minimum Gasteiger partial charge on any atom is -0.366 e. The van der Waals surface area contributed by atoms with Gasteiger partial charge in [0, 0.05) is 32.4 Å². The molecule has 0 aliphatic carbocycles. The average molecular weight is 326 g/mol. The predicted octanol–water partition coefficient (Wildman–Crippen LogP) is 2.40. The van der Waals surface area contributed by atoms with E-state index in [4.69, 9.17) is 0 Å². The van der Waals surface area contributed by atoms with Crippen molar-refractivity contribution in [1.82, 2.24) is 15.2 Å². The number of benzene rings is 1. The molecule has 5 nitrogen and oxygen atoms in total. The van der Waals surface area contributed by atoms with Crippen LogP contribution in [0, 0.1) is 0 Å². The predicted molar refractivity (Wildman–Crippen MR) is 98.3 cm³/mol. The van der Waals surface area contributed by atoms with Crippen molar-refractivity contribution in [3.63, 3.8) is 0 Å². The Morgan fingerprint density at radius 3 is 2.58 bits per heavy atom. The lowest BCUT2D eigenvalue weighted by Crippen LogP contribution is -2.31. The topological polar surface area (TPSA) is 48.5 Å². The summed E-state index contributed by atoms with van der Waals surface area (Å²) in [6, 6.07) is 12.2. The Hall–Kier alpha value is -2.40. The number of amides is 1. The Balaban J connectivity index is 2.05. The van der Waals surface area contributed by atoms with E-state index >= 15 is 0 Å². The van der Waals surface area contributed by atoms with Crippen molar-refractivity contribution in [2.45, 2.75) is 13.5 Å². The second kappa shape index (κ2) is 9.03. The van der Waals surface area contributed by atoms with E-state index in [1.165, 1.54) is 5.56 Å². The van der Waals surface area contributed by atoms with E-state index in [1.54, 1.807) is 6.20 Å². The van der Waals surface area contributed by atoms with Gasteiger partial charge < -0.3 is 15.1 Å². The normalized spacial score (nSPS) is 10.7. The van der Waals surface area contributed by atoms with Crippen LogP contribution in [0.2, 0.25) is 0 Å². The van der Waals surface area contributed by atoms with Crippen LogP contribution >= 0.6 is 0 Å². The highest BCUT2D eigenvalue weighted by Crippen LogP contribution is 2.17. The molecule has 1 N–H and O–H groups in total. The summed E-state index contributed by atoms with van der Waals surface area (Å²) in [5.41, 5.74) is 2.79. The Bertz CT molecular complexity index is 643. The second-order valence-corrected chi connectivity index (χ2v) is 5.99. The zero-order valence-electron chi connectivity index (χ0n) is 14.7. The number of likely N-dealkylation sites (N-methyl/N-ethyl adjacent to an activating group) is 1. The van der Waals surface area contributed by atoms with Crippen LogP contribution in [0.4, 0.5) is 5.69 Å². The van der Waals surface area contributed by atoms with Crippen LogP contribution in [0.15, 0.2) is 48.8 Å². The largest absolute Gasteiger partial charge is 0.366 e. The molecular weight excluding hydrogens is 300 g/mol. The van der Waals surface area contributed by atoms with E-state index in [0.29, 0.717) is 12.1 Å². The van der Waals surface area contributed by atoms with Crippen LogP contribution < -0.4 is 10.2 Å². The molecule has 128 valence electrons. The van der Waals surface area contributed by atoms with Crippen molar-refractivity contribution < 1.29 is 4.79 Å². The van der Waals surface area contributed by atoms with Gasteiger partial charge in [0.1, 0.15) is 0 Å². The third-order valence-corrected chi connectivity index (χ3v) is 3.79. The fraction of sp³-hybridized carbons (Fsp3) is 0.368. The van der Waals surface area contributed by atoms with E-state index in [1.807, 2.05) is 49.5 Å². The van der Waals surface area contributed by atoms with Crippen molar-refractivity contribution in [2.24, 2.45) is 0 Å². The van der Waals surface area contributed by atoms with Crippen LogP contribution in [-0.4, -0.2) is 49.5 Å². The Morgan fingerprint density at radius 2 is 1.92 bits per heavy atom. The zero-order valence-corrected chi connectivity index (χ0v) is 14.7. The van der Waals surface area contributed by atoms with E-state index in [0.717, 1.165) is 25.3 Å². The van der Waals surface area contributed by atoms with Gasteiger partial charge in [-0.25, -0.2) is 0 Å². The van der Waals surface area contributed by atoms with E-state index in [-0.39, 0.29) is 5.91 Å². The third-order valence-electron chi connectivity index (χ3n) is 3.79. The average Bonchev–Trinajstić information content (AvgIpc) is 2.60. The summed E-state index contributed by atoms with van der Waals surface area (Å²) in [5.74, 6) is -0.0815. The highest BCUT2D eigenvalue weighted by Gasteiger charge is 2.10. The van der Waals surface area contributed by atoms with E-state index in [9.17, 15) is 4.79 Å². The molecule has 1 heterocycles. The maximum Gasteiger partial charge on any atom is 0.252 e. The van der Waals surface area contributed by atoms with Gasteiger partial charge in [0.2, 0.25) is 0 Å². The quantitative estimate of drug-likeness (QED) is 0.809. The molecule has 1 amide bonds. The molecule has 24 heavy (non-hydrogen) atoms. The van der Waals surface area contributed by atoms with Crippen molar-refractivity contribution >= 4 is 11.6 Å². The number of nitrogens with zero attached hydrogens (tertiary/aromatic N) is 3. The van der Waals surface area contributed by atoms with Crippen LogP contribution in [-0.2, 0) is 6.54 Å². The standard InChI is InChI=1S/C19H26N4O/c1-4-23(15-16-8-6-5-7-9-16)18-12-17(13-20-14-18)19(24)21-10-11-22(2)3/h5-9,12-14H,4,10-11,15H2,1-3H3,(H,21,24). The molecule has 0 unspecified atom stereocenters. The summed E-state index contributed by atoms with van der Waals surface area (Å²) in [6.45, 7) is 5.19. The summed E-state index contributed by atoms with van der Waals surface area (Å²) >= 11 is 0. The first-order chi connectivity index (χ1) is 11.6. The van der Waals surface area contributed by atoms with Gasteiger partial charge in [0.25, 0.3) is 5.91 Å². The van der Waals surface area contributed by atoms with Crippen molar-refractivity contribution in [3.05, 3.63) is 59.9 Å². The number of anilines is 1. The van der Waals surface area contributed by atoms with E-state index < -0.39 is 0 Å². The number of rotatable bonds is 8. The van der Waals surface area contributed by atoms with Gasteiger partial charge in [-0.2, -0.15) is 0 Å². The van der Waals surface area contributed by atoms with Gasteiger partial charge in [-0.15, -0.1) is 0 Å². The number of hydrogen-bond acceptors (Lipinski definition) is 4. The summed E-state index contributed by atoms with van der Waals surface area (Å²) in [6.07, 6.45) is 3.42. The molecule has 2 aromatic rings. The van der Waals surface area contributed by atoms with Crippen LogP contribution in [0.5, 0.6) is 0 Å². The minimum atomic E-state index is -0.0815. The number of pyridine rings is 1. The van der Waals surface area contributed by atoms with Crippen LogP contribution in [0.3, 0.4) is 0 Å². The van der Waals surface area contributed by atoms with Gasteiger partial charge in [-0.05, 0) is 32.6 Å². The van der Waals surface area contributed by atoms with Crippen molar-refractivity contribution in [3.8, 4) is 0 Å². The molecular formula is C19H26N4O. The second-order valence-electron chi connectivity index (χ2n) is 5.99. The molecule has 0 radical (unpaired) electrons. The van der Waals surface area contributed by atoms with Crippen LogP contribution in [0.1, 0.15) is 22.8 Å². The van der Waals surface area contributed by atoms with Gasteiger partial charge in [-0.1, -0.05) is 30.3 Å². The van der Waals surface area contributed by atoms with Gasteiger partial charge in [0.05, 0.1) is 17.4 Å². The Kier molecular flexibility index (Phi) is 6.75. The molecule has 0 spiro atoms. The van der Waals surface area contributed by atoms with Gasteiger partial charge >= 0.3 is 0 Å². The first kappa shape index (κ1) is 17.9. The smallest absolute Gasteiger partial charge is 0.252 e. The first-order valence-corrected chi connectivity index (χ1v) is 8.27. The highest BCUT2D eigenvalue weighted by molar-refractivity contribution is 5.94. The molecule has 0 bridgehead atoms. The number of aromatic nitrogens is 1. The van der Waals surface area contributed by atoms with Crippen LogP contribution in [0.25, 0.3) is 0 Å². The molecule has 0 aliphatic rings. The third kappa shape index (κ3) is 5.35. The highest BCUT2D eigenvalue weighted by atomic mass is 16.1. The summed E-state index contributed by atoms with van der Waals surface area (Å²) in [5, 5.41) is 2.93. The maximum absolute atomic E-state index is 12.3. The molecule has 0 saturated heterocycles. The number of nitrogens with one attached hydrogen (secondary N) is 1. The Morgan fingerprint density at radius 1 is 1.17 bits per heavy atom. The molecule has 0 atom stereocenters. The molecule has 1 aromatic carbocycles. The summed E-state index contributed by atoms with van der Waals surface area (Å²) in [7, 11) is 3.97. The Labute approximate surface area is 144 Å².